The number of hydrogen-bond donors (Lipinski definition) is 1. The Morgan fingerprint density at radius 3 is 2.31 bits per heavy atom. The summed E-state index contributed by atoms with van der Waals surface area (Å²) >= 11 is 0. The number of likely N-dealkylation sites (N-methyl/N-ethyl adjacent to an activating group) is 1. The van der Waals surface area contributed by atoms with E-state index in [1.807, 2.05) is 0 Å². The van der Waals surface area contributed by atoms with Gasteiger partial charge in [0.15, 0.2) is 0 Å². The highest BCUT2D eigenvalue weighted by Crippen LogP contribution is 2.23. The van der Waals surface area contributed by atoms with E-state index in [1.54, 1.807) is 0 Å². The summed E-state index contributed by atoms with van der Waals surface area (Å²) in [5, 5.41) is 3.60. The van der Waals surface area contributed by atoms with E-state index in [-0.39, 0.29) is 0 Å². The van der Waals surface area contributed by atoms with Gasteiger partial charge in [-0.05, 0) is 36.4 Å². The van der Waals surface area contributed by atoms with Gasteiger partial charge in [-0.3, -0.25) is 0 Å². The van der Waals surface area contributed by atoms with E-state index in [9.17, 15) is 0 Å². The second-order valence-electron chi connectivity index (χ2n) is 5.61. The lowest BCUT2D eigenvalue weighted by molar-refractivity contribution is 0.270. The molecule has 0 bridgehead atoms. The zero-order valence-corrected chi connectivity index (χ0v) is 11.3. The van der Waals surface area contributed by atoms with Crippen LogP contribution >= 0.6 is 0 Å². The lowest BCUT2D eigenvalue weighted by Crippen LogP contribution is -2.42. The van der Waals surface area contributed by atoms with Crippen molar-refractivity contribution < 1.29 is 0 Å². The Kier molecular flexibility index (Phi) is 4.55. The van der Waals surface area contributed by atoms with Gasteiger partial charge in [0.05, 0.1) is 0 Å². The van der Waals surface area contributed by atoms with Crippen LogP contribution in [0, 0.1) is 12.3 Å². The highest BCUT2D eigenvalue weighted by atomic mass is 14.9. The van der Waals surface area contributed by atoms with Crippen LogP contribution in [0.2, 0.25) is 0 Å². The van der Waals surface area contributed by atoms with Crippen molar-refractivity contribution in [2.75, 3.05) is 6.54 Å². The molecule has 0 radical (unpaired) electrons. The molecule has 0 aliphatic rings. The van der Waals surface area contributed by atoms with E-state index in [2.05, 4.69) is 64.2 Å². The highest BCUT2D eigenvalue weighted by Gasteiger charge is 2.24. The molecule has 0 saturated carbocycles. The molecule has 1 rings (SSSR count). The van der Waals surface area contributed by atoms with Crippen LogP contribution in [0.25, 0.3) is 0 Å². The predicted octanol–water partition coefficient (Wildman–Crippen LogP) is 3.56. The van der Waals surface area contributed by atoms with Crippen molar-refractivity contribution in [3.8, 4) is 0 Å². The van der Waals surface area contributed by atoms with Crippen molar-refractivity contribution in [2.24, 2.45) is 5.41 Å². The zero-order valence-electron chi connectivity index (χ0n) is 11.3. The van der Waals surface area contributed by atoms with Gasteiger partial charge in [-0.15, -0.1) is 0 Å². The third-order valence-corrected chi connectivity index (χ3v) is 3.18. The zero-order chi connectivity index (χ0) is 12.2. The van der Waals surface area contributed by atoms with Crippen molar-refractivity contribution in [3.05, 3.63) is 35.4 Å². The average Bonchev–Trinajstić information content (AvgIpc) is 2.19. The summed E-state index contributed by atoms with van der Waals surface area (Å²) in [5.74, 6) is 0. The Morgan fingerprint density at radius 2 is 1.81 bits per heavy atom. The topological polar surface area (TPSA) is 12.0 Å². The summed E-state index contributed by atoms with van der Waals surface area (Å²) in [6.45, 7) is 12.3. The molecule has 90 valence electrons. The van der Waals surface area contributed by atoms with Gasteiger partial charge < -0.3 is 5.32 Å². The fourth-order valence-corrected chi connectivity index (χ4v) is 1.99. The molecule has 1 unspecified atom stereocenters. The van der Waals surface area contributed by atoms with Gasteiger partial charge >= 0.3 is 0 Å². The molecule has 1 nitrogen and oxygen atoms in total. The Hall–Kier alpha value is -0.820. The maximum atomic E-state index is 3.60. The Balaban J connectivity index is 2.80. The lowest BCUT2D eigenvalue weighted by Gasteiger charge is -2.32. The van der Waals surface area contributed by atoms with E-state index >= 15 is 0 Å². The summed E-state index contributed by atoms with van der Waals surface area (Å²) in [5.41, 5.74) is 3.16. The quantitative estimate of drug-likeness (QED) is 0.816. The molecule has 0 aliphatic carbocycles. The molecule has 0 aromatic heterocycles. The van der Waals surface area contributed by atoms with Gasteiger partial charge in [0.25, 0.3) is 0 Å². The molecule has 0 heterocycles. The molecule has 0 spiro atoms. The largest absolute Gasteiger partial charge is 0.313 e. The van der Waals surface area contributed by atoms with Gasteiger partial charge in [0.2, 0.25) is 0 Å². The molecule has 0 amide bonds. The minimum atomic E-state index is 0.304. The summed E-state index contributed by atoms with van der Waals surface area (Å²) in [7, 11) is 0. The molecule has 1 heteroatoms. The van der Waals surface area contributed by atoms with Crippen LogP contribution in [0.15, 0.2) is 24.3 Å². The smallest absolute Gasteiger partial charge is 0.0156 e. The third kappa shape index (κ3) is 3.64. The van der Waals surface area contributed by atoms with Crippen molar-refractivity contribution in [2.45, 2.75) is 47.1 Å². The van der Waals surface area contributed by atoms with Crippen LogP contribution in [0.3, 0.4) is 0 Å². The Labute approximate surface area is 100 Å². The number of rotatable bonds is 4. The summed E-state index contributed by atoms with van der Waals surface area (Å²) in [6, 6.07) is 9.22. The molecule has 16 heavy (non-hydrogen) atoms. The van der Waals surface area contributed by atoms with Crippen molar-refractivity contribution in [1.29, 1.82) is 0 Å². The van der Waals surface area contributed by atoms with Crippen LogP contribution in [0.5, 0.6) is 0 Å². The molecule has 1 aromatic carbocycles. The summed E-state index contributed by atoms with van der Waals surface area (Å²) < 4.78 is 0. The number of aryl methyl sites for hydroxylation is 1. The van der Waals surface area contributed by atoms with Crippen LogP contribution in [-0.4, -0.2) is 12.6 Å². The molecular weight excluding hydrogens is 194 g/mol. The van der Waals surface area contributed by atoms with Crippen LogP contribution < -0.4 is 5.32 Å². The minimum Gasteiger partial charge on any atom is -0.313 e. The van der Waals surface area contributed by atoms with Gasteiger partial charge in [-0.2, -0.15) is 0 Å². The Bertz CT molecular complexity index is 322. The SMILES string of the molecule is CCNC(Cc1ccccc1C)C(C)(C)C. The normalized spacial score (nSPS) is 13.8. The van der Waals surface area contributed by atoms with E-state index in [4.69, 9.17) is 0 Å². The molecular formula is C15H25N. The predicted molar refractivity (Wildman–Crippen MR) is 71.8 cm³/mol. The number of hydrogen-bond acceptors (Lipinski definition) is 1. The van der Waals surface area contributed by atoms with Gasteiger partial charge in [-0.25, -0.2) is 0 Å². The van der Waals surface area contributed by atoms with E-state index in [0.29, 0.717) is 11.5 Å². The van der Waals surface area contributed by atoms with Gasteiger partial charge in [0.1, 0.15) is 0 Å². The number of nitrogens with one attached hydrogen (secondary N) is 1. The first kappa shape index (κ1) is 13.2. The molecule has 1 atom stereocenters. The summed E-state index contributed by atoms with van der Waals surface area (Å²) in [6.07, 6.45) is 1.12. The van der Waals surface area contributed by atoms with Crippen molar-refractivity contribution >= 4 is 0 Å². The highest BCUT2D eigenvalue weighted by molar-refractivity contribution is 5.26. The second-order valence-corrected chi connectivity index (χ2v) is 5.61. The average molecular weight is 219 g/mol. The van der Waals surface area contributed by atoms with Crippen LogP contribution in [0.4, 0.5) is 0 Å². The van der Waals surface area contributed by atoms with E-state index in [0.717, 1.165) is 13.0 Å². The first-order valence-electron chi connectivity index (χ1n) is 6.23. The first-order valence-corrected chi connectivity index (χ1v) is 6.23. The van der Waals surface area contributed by atoms with Gasteiger partial charge in [-0.1, -0.05) is 52.0 Å². The molecule has 0 aliphatic heterocycles. The van der Waals surface area contributed by atoms with Crippen LogP contribution in [0.1, 0.15) is 38.8 Å². The van der Waals surface area contributed by atoms with Gasteiger partial charge in [0, 0.05) is 6.04 Å². The van der Waals surface area contributed by atoms with E-state index in [1.165, 1.54) is 11.1 Å². The minimum absolute atomic E-state index is 0.304. The first-order chi connectivity index (χ1) is 7.45. The molecule has 0 fully saturated rings. The second kappa shape index (κ2) is 5.49. The third-order valence-electron chi connectivity index (χ3n) is 3.18. The monoisotopic (exact) mass is 219 g/mol. The molecule has 1 N–H and O–H groups in total. The van der Waals surface area contributed by atoms with Crippen molar-refractivity contribution in [1.82, 2.24) is 5.32 Å². The maximum Gasteiger partial charge on any atom is 0.0156 e. The molecule has 1 aromatic rings. The summed E-state index contributed by atoms with van der Waals surface area (Å²) in [4.78, 5) is 0. The number of benzene rings is 1. The maximum absolute atomic E-state index is 3.60. The van der Waals surface area contributed by atoms with Crippen molar-refractivity contribution in [3.63, 3.8) is 0 Å². The molecule has 0 saturated heterocycles. The fourth-order valence-electron chi connectivity index (χ4n) is 1.99. The fraction of sp³-hybridized carbons (Fsp3) is 0.600. The van der Waals surface area contributed by atoms with Crippen LogP contribution in [-0.2, 0) is 6.42 Å². The van der Waals surface area contributed by atoms with E-state index < -0.39 is 0 Å². The Morgan fingerprint density at radius 1 is 1.19 bits per heavy atom. The lowest BCUT2D eigenvalue weighted by atomic mass is 9.82. The standard InChI is InChI=1S/C15H25N/c1-6-16-14(15(3,4)5)11-13-10-8-7-9-12(13)2/h7-10,14,16H,6,11H2,1-5H3.